The van der Waals surface area contributed by atoms with Gasteiger partial charge in [0, 0.05) is 19.7 Å². The Morgan fingerprint density at radius 1 is 1.43 bits per heavy atom. The number of likely N-dealkylation sites (N-methyl/N-ethyl adjacent to an activating group) is 1. The number of aromatic amines is 1. The minimum atomic E-state index is -0.863. The van der Waals surface area contributed by atoms with Crippen molar-refractivity contribution in [1.82, 2.24) is 25.5 Å². The largest absolute Gasteiger partial charge is 0.487 e. The highest BCUT2D eigenvalue weighted by Gasteiger charge is 2.32. The van der Waals surface area contributed by atoms with Crippen LogP contribution in [0.2, 0.25) is 0 Å². The molecule has 0 spiro atoms. The SMILES string of the molecule is CN1C(=O)[C@@H](NC(=O)c2n[nH]c(CC3=CCCC=C3)n2)COc2cccnc21. The average molecular weight is 380 g/mol. The first kappa shape index (κ1) is 17.9. The number of nitrogens with zero attached hydrogens (tertiary/aromatic N) is 4. The molecule has 0 fully saturated rings. The van der Waals surface area contributed by atoms with E-state index in [0.29, 0.717) is 23.8 Å². The average Bonchev–Trinajstić information content (AvgIpc) is 3.15. The van der Waals surface area contributed by atoms with Crippen LogP contribution in [-0.4, -0.2) is 51.7 Å². The highest BCUT2D eigenvalue weighted by atomic mass is 16.5. The molecule has 2 aromatic rings. The van der Waals surface area contributed by atoms with Gasteiger partial charge in [0.05, 0.1) is 0 Å². The fourth-order valence-electron chi connectivity index (χ4n) is 3.12. The maximum atomic E-state index is 12.7. The van der Waals surface area contributed by atoms with Crippen molar-refractivity contribution in [3.63, 3.8) is 0 Å². The number of amides is 2. The Morgan fingerprint density at radius 3 is 3.14 bits per heavy atom. The van der Waals surface area contributed by atoms with E-state index in [2.05, 4.69) is 43.7 Å². The first-order valence-corrected chi connectivity index (χ1v) is 9.05. The molecule has 0 aromatic carbocycles. The van der Waals surface area contributed by atoms with Crippen molar-refractivity contribution < 1.29 is 14.3 Å². The maximum Gasteiger partial charge on any atom is 0.291 e. The van der Waals surface area contributed by atoms with E-state index in [0.717, 1.165) is 18.4 Å². The van der Waals surface area contributed by atoms with E-state index in [1.165, 1.54) is 4.90 Å². The van der Waals surface area contributed by atoms with Crippen molar-refractivity contribution in [3.8, 4) is 5.75 Å². The molecule has 0 saturated heterocycles. The van der Waals surface area contributed by atoms with Crippen LogP contribution in [0, 0.1) is 0 Å². The van der Waals surface area contributed by atoms with Gasteiger partial charge in [0.1, 0.15) is 18.5 Å². The van der Waals surface area contributed by atoms with Gasteiger partial charge in [-0.25, -0.2) is 9.97 Å². The summed E-state index contributed by atoms with van der Waals surface area (Å²) >= 11 is 0. The van der Waals surface area contributed by atoms with Crippen LogP contribution in [0.5, 0.6) is 5.75 Å². The van der Waals surface area contributed by atoms with Gasteiger partial charge in [-0.15, -0.1) is 5.10 Å². The van der Waals surface area contributed by atoms with Crippen LogP contribution in [0.3, 0.4) is 0 Å². The Kier molecular flexibility index (Phi) is 4.88. The highest BCUT2D eigenvalue weighted by Crippen LogP contribution is 2.27. The molecule has 2 aromatic heterocycles. The van der Waals surface area contributed by atoms with Gasteiger partial charge in [-0.05, 0) is 30.5 Å². The number of aromatic nitrogens is 4. The third-order valence-corrected chi connectivity index (χ3v) is 4.59. The summed E-state index contributed by atoms with van der Waals surface area (Å²) in [5.41, 5.74) is 1.13. The molecule has 1 aliphatic heterocycles. The lowest BCUT2D eigenvalue weighted by atomic mass is 10.0. The number of H-pyrrole nitrogens is 1. The molecule has 144 valence electrons. The molecule has 4 rings (SSSR count). The highest BCUT2D eigenvalue weighted by molar-refractivity contribution is 6.01. The summed E-state index contributed by atoms with van der Waals surface area (Å²) in [7, 11) is 1.60. The zero-order valence-electron chi connectivity index (χ0n) is 15.4. The minimum absolute atomic E-state index is 0.00255. The van der Waals surface area contributed by atoms with Gasteiger partial charge < -0.3 is 10.1 Å². The summed E-state index contributed by atoms with van der Waals surface area (Å²) in [5.74, 6) is 0.636. The number of rotatable bonds is 4. The summed E-state index contributed by atoms with van der Waals surface area (Å²) in [6, 6.07) is 2.59. The first-order chi connectivity index (χ1) is 13.6. The number of carbonyl (C=O) groups is 2. The quantitative estimate of drug-likeness (QED) is 0.823. The van der Waals surface area contributed by atoms with Gasteiger partial charge in [-0.2, -0.15) is 0 Å². The zero-order chi connectivity index (χ0) is 19.5. The van der Waals surface area contributed by atoms with Gasteiger partial charge in [0.25, 0.3) is 11.8 Å². The summed E-state index contributed by atoms with van der Waals surface area (Å²) in [6.45, 7) is 0.00255. The van der Waals surface area contributed by atoms with Gasteiger partial charge in [-0.1, -0.05) is 18.2 Å². The molecule has 1 aliphatic carbocycles. The molecule has 2 N–H and O–H groups in total. The fraction of sp³-hybridized carbons (Fsp3) is 0.316. The summed E-state index contributed by atoms with van der Waals surface area (Å²) < 4.78 is 5.64. The Bertz CT molecular complexity index is 964. The number of nitrogens with one attached hydrogen (secondary N) is 2. The normalized spacial score (nSPS) is 18.8. The maximum absolute atomic E-state index is 12.7. The molecule has 28 heavy (non-hydrogen) atoms. The van der Waals surface area contributed by atoms with Gasteiger partial charge >= 0.3 is 0 Å². The topological polar surface area (TPSA) is 113 Å². The Hall–Kier alpha value is -3.49. The number of carbonyl (C=O) groups excluding carboxylic acids is 2. The van der Waals surface area contributed by atoms with Crippen molar-refractivity contribution in [3.05, 3.63) is 53.8 Å². The van der Waals surface area contributed by atoms with Crippen molar-refractivity contribution >= 4 is 17.6 Å². The number of fused-ring (bicyclic) bond motifs is 1. The number of hydrogen-bond acceptors (Lipinski definition) is 6. The molecular weight excluding hydrogens is 360 g/mol. The molecule has 2 amide bonds. The summed E-state index contributed by atoms with van der Waals surface area (Å²) in [6.07, 6.45) is 10.5. The van der Waals surface area contributed by atoms with Crippen LogP contribution in [0.4, 0.5) is 5.82 Å². The van der Waals surface area contributed by atoms with Crippen LogP contribution < -0.4 is 15.0 Å². The Balaban J connectivity index is 1.43. The molecule has 0 unspecified atom stereocenters. The number of allylic oxidation sites excluding steroid dienone is 4. The monoisotopic (exact) mass is 380 g/mol. The zero-order valence-corrected chi connectivity index (χ0v) is 15.4. The van der Waals surface area contributed by atoms with Crippen LogP contribution in [-0.2, 0) is 11.2 Å². The molecule has 2 aliphatic rings. The van der Waals surface area contributed by atoms with E-state index in [-0.39, 0.29) is 18.3 Å². The van der Waals surface area contributed by atoms with E-state index in [9.17, 15) is 9.59 Å². The third kappa shape index (κ3) is 3.64. The van der Waals surface area contributed by atoms with Crippen molar-refractivity contribution in [2.24, 2.45) is 0 Å². The number of anilines is 1. The lowest BCUT2D eigenvalue weighted by Gasteiger charge is -2.18. The molecule has 3 heterocycles. The first-order valence-electron chi connectivity index (χ1n) is 9.05. The molecule has 0 bridgehead atoms. The van der Waals surface area contributed by atoms with Gasteiger partial charge in [0.2, 0.25) is 5.82 Å². The Morgan fingerprint density at radius 2 is 2.32 bits per heavy atom. The van der Waals surface area contributed by atoms with Crippen LogP contribution in [0.1, 0.15) is 29.3 Å². The molecular formula is C19H20N6O3. The van der Waals surface area contributed by atoms with E-state index in [4.69, 9.17) is 4.74 Å². The van der Waals surface area contributed by atoms with Crippen molar-refractivity contribution in [2.45, 2.75) is 25.3 Å². The second kappa shape index (κ2) is 7.63. The molecule has 9 nitrogen and oxygen atoms in total. The van der Waals surface area contributed by atoms with E-state index < -0.39 is 11.9 Å². The van der Waals surface area contributed by atoms with E-state index in [1.807, 2.05) is 0 Å². The van der Waals surface area contributed by atoms with Gasteiger partial charge in [-0.3, -0.25) is 19.6 Å². The summed E-state index contributed by atoms with van der Waals surface area (Å²) in [4.78, 5) is 35.0. The number of hydrogen-bond donors (Lipinski definition) is 2. The van der Waals surface area contributed by atoms with Crippen LogP contribution in [0.15, 0.2) is 42.1 Å². The minimum Gasteiger partial charge on any atom is -0.487 e. The second-order valence-electron chi connectivity index (χ2n) is 6.60. The van der Waals surface area contributed by atoms with Crippen molar-refractivity contribution in [1.29, 1.82) is 0 Å². The second-order valence-corrected chi connectivity index (χ2v) is 6.60. The molecule has 9 heteroatoms. The summed E-state index contributed by atoms with van der Waals surface area (Å²) in [5, 5.41) is 9.41. The smallest absolute Gasteiger partial charge is 0.291 e. The lowest BCUT2D eigenvalue weighted by molar-refractivity contribution is -0.120. The molecule has 1 atom stereocenters. The number of pyridine rings is 1. The van der Waals surface area contributed by atoms with Crippen LogP contribution >= 0.6 is 0 Å². The molecule has 0 saturated carbocycles. The van der Waals surface area contributed by atoms with E-state index >= 15 is 0 Å². The molecule has 0 radical (unpaired) electrons. The van der Waals surface area contributed by atoms with E-state index in [1.54, 1.807) is 25.4 Å². The fourth-order valence-corrected chi connectivity index (χ4v) is 3.12. The standard InChI is InChI=1S/C19H20N6O3/c1-25-17-14(8-5-9-20-17)28-11-13(19(25)27)21-18(26)16-22-15(23-24-16)10-12-6-3-2-4-7-12/h3,5-9,13H,2,4,10-11H2,1H3,(H,21,26)(H,22,23,24)/t13-/m0/s1. The number of ether oxygens (including phenoxy) is 1. The predicted octanol–water partition coefficient (Wildman–Crippen LogP) is 1.17. The Labute approximate surface area is 161 Å². The predicted molar refractivity (Wildman–Crippen MR) is 101 cm³/mol. The lowest BCUT2D eigenvalue weighted by Crippen LogP contribution is -2.49. The third-order valence-electron chi connectivity index (χ3n) is 4.59. The van der Waals surface area contributed by atoms with Crippen LogP contribution in [0.25, 0.3) is 0 Å². The van der Waals surface area contributed by atoms with Crippen molar-refractivity contribution in [2.75, 3.05) is 18.6 Å². The van der Waals surface area contributed by atoms with Gasteiger partial charge in [0.15, 0.2) is 11.6 Å².